The zero-order valence-electron chi connectivity index (χ0n) is 15.6. The lowest BCUT2D eigenvalue weighted by atomic mass is 10.2. The van der Waals surface area contributed by atoms with Crippen LogP contribution in [-0.2, 0) is 9.53 Å². The second kappa shape index (κ2) is 9.41. The molecule has 1 fully saturated rings. The van der Waals surface area contributed by atoms with Crippen molar-refractivity contribution in [2.24, 2.45) is 0 Å². The van der Waals surface area contributed by atoms with Gasteiger partial charge in [-0.05, 0) is 58.5 Å². The van der Waals surface area contributed by atoms with E-state index < -0.39 is 6.10 Å². The summed E-state index contributed by atoms with van der Waals surface area (Å²) >= 11 is 6.19. The number of likely N-dealkylation sites (N-methyl/N-ethyl adjacent to an activating group) is 1. The van der Waals surface area contributed by atoms with Crippen molar-refractivity contribution in [3.63, 3.8) is 0 Å². The molecule has 0 radical (unpaired) electrons. The molecule has 0 saturated carbocycles. The lowest BCUT2D eigenvalue weighted by molar-refractivity contribution is -0.139. The highest BCUT2D eigenvalue weighted by molar-refractivity contribution is 6.32. The summed E-state index contributed by atoms with van der Waals surface area (Å²) < 4.78 is 11.6. The highest BCUT2D eigenvalue weighted by atomic mass is 35.5. The van der Waals surface area contributed by atoms with Gasteiger partial charge in [-0.1, -0.05) is 17.7 Å². The molecule has 1 aliphatic rings. The summed E-state index contributed by atoms with van der Waals surface area (Å²) in [4.78, 5) is 16.8. The zero-order chi connectivity index (χ0) is 18.4. The molecular formula is C19H29ClN2O3. The van der Waals surface area contributed by atoms with E-state index in [4.69, 9.17) is 21.1 Å². The second-order valence-electron chi connectivity index (χ2n) is 6.92. The summed E-state index contributed by atoms with van der Waals surface area (Å²) in [6, 6.07) is 5.57. The third-order valence-electron chi connectivity index (χ3n) is 4.32. The Hall–Kier alpha value is -1.30. The maximum absolute atomic E-state index is 12.9. The van der Waals surface area contributed by atoms with Crippen molar-refractivity contribution in [3.8, 4) is 5.75 Å². The van der Waals surface area contributed by atoms with Crippen LogP contribution in [0.5, 0.6) is 5.75 Å². The number of carbonyl (C=O) groups is 1. The Balaban J connectivity index is 2.03. The van der Waals surface area contributed by atoms with Crippen LogP contribution in [0.2, 0.25) is 5.02 Å². The molecule has 5 nitrogen and oxygen atoms in total. The van der Waals surface area contributed by atoms with E-state index in [2.05, 4.69) is 4.90 Å². The van der Waals surface area contributed by atoms with Crippen molar-refractivity contribution in [2.45, 2.75) is 38.9 Å². The molecule has 0 aliphatic carbocycles. The fraction of sp³-hybridized carbons (Fsp3) is 0.632. The van der Waals surface area contributed by atoms with Crippen LogP contribution in [0, 0.1) is 6.92 Å². The first kappa shape index (κ1) is 20.0. The summed E-state index contributed by atoms with van der Waals surface area (Å²) in [5.41, 5.74) is 1.04. The van der Waals surface area contributed by atoms with Crippen LogP contribution >= 0.6 is 11.6 Å². The number of hydrogen-bond acceptors (Lipinski definition) is 4. The van der Waals surface area contributed by atoms with Crippen LogP contribution in [0.15, 0.2) is 18.2 Å². The van der Waals surface area contributed by atoms with Gasteiger partial charge in [0.05, 0.1) is 11.1 Å². The minimum Gasteiger partial charge on any atom is -0.479 e. The topological polar surface area (TPSA) is 42.0 Å². The van der Waals surface area contributed by atoms with Crippen molar-refractivity contribution >= 4 is 17.5 Å². The summed E-state index contributed by atoms with van der Waals surface area (Å²) in [6.45, 7) is 6.60. The largest absolute Gasteiger partial charge is 0.479 e. The molecule has 140 valence electrons. The Morgan fingerprint density at radius 2 is 2.16 bits per heavy atom. The number of nitrogens with zero attached hydrogens (tertiary/aromatic N) is 2. The molecule has 1 amide bonds. The van der Waals surface area contributed by atoms with Crippen LogP contribution < -0.4 is 4.74 Å². The number of carbonyl (C=O) groups excluding carboxylic acids is 1. The van der Waals surface area contributed by atoms with Gasteiger partial charge in [-0.3, -0.25) is 4.79 Å². The molecule has 0 unspecified atom stereocenters. The number of benzene rings is 1. The summed E-state index contributed by atoms with van der Waals surface area (Å²) in [5, 5.41) is 0.518. The number of ether oxygens (including phenoxy) is 2. The Morgan fingerprint density at radius 1 is 1.40 bits per heavy atom. The molecule has 2 rings (SSSR count). The standard InChI is InChI=1S/C19H29ClN2O3/c1-14-7-8-17(20)18(12-14)25-15(2)19(23)22(10-9-21(3)4)13-16-6-5-11-24-16/h7-8,12,15-16H,5-6,9-11,13H2,1-4H3/t15-,16+/m0/s1. The molecule has 0 spiro atoms. The van der Waals surface area contributed by atoms with Crippen LogP contribution in [-0.4, -0.2) is 68.3 Å². The molecule has 1 aromatic carbocycles. The minimum absolute atomic E-state index is 0.0325. The fourth-order valence-corrected chi connectivity index (χ4v) is 3.01. The summed E-state index contributed by atoms with van der Waals surface area (Å²) in [7, 11) is 4.00. The molecule has 1 aromatic rings. The number of rotatable bonds is 8. The molecule has 0 aromatic heterocycles. The molecule has 1 aliphatic heterocycles. The Kier molecular flexibility index (Phi) is 7.54. The minimum atomic E-state index is -0.595. The monoisotopic (exact) mass is 368 g/mol. The van der Waals surface area contributed by atoms with Gasteiger partial charge in [0, 0.05) is 26.2 Å². The smallest absolute Gasteiger partial charge is 0.263 e. The van der Waals surface area contributed by atoms with Gasteiger partial charge in [0.1, 0.15) is 5.75 Å². The Labute approximate surface area is 155 Å². The first-order valence-electron chi connectivity index (χ1n) is 8.84. The molecule has 6 heteroatoms. The highest BCUT2D eigenvalue weighted by Gasteiger charge is 2.27. The van der Waals surface area contributed by atoms with Crippen LogP contribution in [0.1, 0.15) is 25.3 Å². The van der Waals surface area contributed by atoms with E-state index in [9.17, 15) is 4.79 Å². The normalized spacial score (nSPS) is 18.4. The number of hydrogen-bond donors (Lipinski definition) is 0. The average Bonchev–Trinajstić information content (AvgIpc) is 3.07. The fourth-order valence-electron chi connectivity index (χ4n) is 2.85. The van der Waals surface area contributed by atoms with Gasteiger partial charge in [0.2, 0.25) is 0 Å². The number of halogens is 1. The third kappa shape index (κ3) is 6.17. The van der Waals surface area contributed by atoms with Gasteiger partial charge < -0.3 is 19.3 Å². The lowest BCUT2D eigenvalue weighted by Crippen LogP contribution is -2.46. The Morgan fingerprint density at radius 3 is 2.80 bits per heavy atom. The van der Waals surface area contributed by atoms with E-state index >= 15 is 0 Å². The highest BCUT2D eigenvalue weighted by Crippen LogP contribution is 2.26. The number of aryl methyl sites for hydroxylation is 1. The van der Waals surface area contributed by atoms with E-state index in [0.29, 0.717) is 23.9 Å². The predicted octanol–water partition coefficient (Wildman–Crippen LogP) is 2.98. The third-order valence-corrected chi connectivity index (χ3v) is 4.63. The molecule has 0 bridgehead atoms. The van der Waals surface area contributed by atoms with E-state index in [0.717, 1.165) is 31.6 Å². The first-order valence-corrected chi connectivity index (χ1v) is 9.22. The van der Waals surface area contributed by atoms with Gasteiger partial charge in [-0.15, -0.1) is 0 Å². The van der Waals surface area contributed by atoms with Gasteiger partial charge in [0.15, 0.2) is 6.10 Å². The number of amides is 1. The first-order chi connectivity index (χ1) is 11.9. The van der Waals surface area contributed by atoms with Crippen LogP contribution in [0.4, 0.5) is 0 Å². The SMILES string of the molecule is Cc1ccc(Cl)c(O[C@@H](C)C(=O)N(CCN(C)C)C[C@H]2CCCO2)c1. The second-order valence-corrected chi connectivity index (χ2v) is 7.32. The zero-order valence-corrected chi connectivity index (χ0v) is 16.4. The molecular weight excluding hydrogens is 340 g/mol. The van der Waals surface area contributed by atoms with Gasteiger partial charge >= 0.3 is 0 Å². The van der Waals surface area contributed by atoms with Crippen molar-refractivity contribution in [1.29, 1.82) is 0 Å². The van der Waals surface area contributed by atoms with Crippen molar-refractivity contribution < 1.29 is 14.3 Å². The maximum Gasteiger partial charge on any atom is 0.263 e. The maximum atomic E-state index is 12.9. The van der Waals surface area contributed by atoms with E-state index in [1.165, 1.54) is 0 Å². The van der Waals surface area contributed by atoms with E-state index in [1.807, 2.05) is 38.1 Å². The molecule has 2 atom stereocenters. The quantitative estimate of drug-likeness (QED) is 0.707. The summed E-state index contributed by atoms with van der Waals surface area (Å²) in [5.74, 6) is 0.516. The van der Waals surface area contributed by atoms with Gasteiger partial charge in [-0.25, -0.2) is 0 Å². The predicted molar refractivity (Wildman–Crippen MR) is 100 cm³/mol. The van der Waals surface area contributed by atoms with E-state index in [1.54, 1.807) is 13.0 Å². The van der Waals surface area contributed by atoms with Crippen molar-refractivity contribution in [1.82, 2.24) is 9.80 Å². The van der Waals surface area contributed by atoms with Crippen LogP contribution in [0.25, 0.3) is 0 Å². The van der Waals surface area contributed by atoms with Crippen molar-refractivity contribution in [2.75, 3.05) is 40.3 Å². The molecule has 0 N–H and O–H groups in total. The Bertz CT molecular complexity index is 574. The molecule has 1 saturated heterocycles. The van der Waals surface area contributed by atoms with Gasteiger partial charge in [-0.2, -0.15) is 0 Å². The van der Waals surface area contributed by atoms with E-state index in [-0.39, 0.29) is 12.0 Å². The average molecular weight is 369 g/mol. The molecule has 1 heterocycles. The lowest BCUT2D eigenvalue weighted by Gasteiger charge is -2.29. The van der Waals surface area contributed by atoms with Gasteiger partial charge in [0.25, 0.3) is 5.91 Å². The van der Waals surface area contributed by atoms with Crippen LogP contribution in [0.3, 0.4) is 0 Å². The molecule has 25 heavy (non-hydrogen) atoms. The van der Waals surface area contributed by atoms with Crippen molar-refractivity contribution in [3.05, 3.63) is 28.8 Å². The summed E-state index contributed by atoms with van der Waals surface area (Å²) in [6.07, 6.45) is 1.60.